The molecule has 3 aliphatic heterocycles. The van der Waals surface area contributed by atoms with E-state index in [0.717, 1.165) is 25.7 Å². The van der Waals surface area contributed by atoms with Crippen molar-refractivity contribution in [2.45, 2.75) is 119 Å². The number of aliphatic hydroxyl groups is 1. The van der Waals surface area contributed by atoms with Crippen LogP contribution in [0.15, 0.2) is 55.6 Å². The monoisotopic (exact) mass is 743 g/mol. The summed E-state index contributed by atoms with van der Waals surface area (Å²) < 4.78 is 13.0. The van der Waals surface area contributed by atoms with Crippen molar-refractivity contribution in [1.29, 1.82) is 0 Å². The van der Waals surface area contributed by atoms with Crippen molar-refractivity contribution in [3.8, 4) is 0 Å². The van der Waals surface area contributed by atoms with E-state index < -0.39 is 47.7 Å². The van der Waals surface area contributed by atoms with E-state index in [2.05, 4.69) is 41.3 Å². The SMILES string of the molecule is C=CCCC(=O)N[C@@H](C)[C@H](OC(=O)[C@@H]1[C@H]2O[C@@]3(CC2Br)[C@H](C(=O)N(CC=C)C(C)CCC)N(CCCCCCO)C(=O)[C@@H]13)c1ccccc1. The van der Waals surface area contributed by atoms with E-state index in [1.165, 1.54) is 0 Å². The molecule has 49 heavy (non-hydrogen) atoms. The largest absolute Gasteiger partial charge is 0.455 e. The minimum atomic E-state index is -1.21. The van der Waals surface area contributed by atoms with Crippen molar-refractivity contribution in [2.24, 2.45) is 11.8 Å². The fourth-order valence-corrected chi connectivity index (χ4v) is 8.91. The first kappa shape index (κ1) is 38.8. The Labute approximate surface area is 299 Å². The third-order valence-electron chi connectivity index (χ3n) is 10.2. The number of halogens is 1. The quantitative estimate of drug-likeness (QED) is 0.0810. The summed E-state index contributed by atoms with van der Waals surface area (Å²) >= 11 is 3.76. The Hall–Kier alpha value is -3.02. The number of carbonyl (C=O) groups excluding carboxylic acids is 4. The summed E-state index contributed by atoms with van der Waals surface area (Å²) in [6, 6.07) is 7.69. The lowest BCUT2D eigenvalue weighted by Crippen LogP contribution is -2.58. The van der Waals surface area contributed by atoms with Crippen molar-refractivity contribution in [3.63, 3.8) is 0 Å². The molecule has 0 aliphatic carbocycles. The first-order valence-corrected chi connectivity index (χ1v) is 18.8. The molecule has 3 fully saturated rings. The Balaban J connectivity index is 1.68. The molecule has 1 aromatic rings. The molecule has 2 bridgehead atoms. The highest BCUT2D eigenvalue weighted by Gasteiger charge is 2.77. The highest BCUT2D eigenvalue weighted by atomic mass is 79.9. The zero-order chi connectivity index (χ0) is 35.7. The number of esters is 1. The van der Waals surface area contributed by atoms with E-state index in [1.807, 2.05) is 37.3 Å². The molecule has 1 spiro atoms. The molecule has 2 N–H and O–H groups in total. The number of carbonyl (C=O) groups is 4. The molecule has 11 heteroatoms. The molecule has 10 nitrogen and oxygen atoms in total. The van der Waals surface area contributed by atoms with Crippen LogP contribution >= 0.6 is 15.9 Å². The van der Waals surface area contributed by atoms with Gasteiger partial charge < -0.3 is 29.7 Å². The number of rotatable bonds is 20. The molecule has 0 radical (unpaired) electrons. The first-order valence-electron chi connectivity index (χ1n) is 17.9. The molecule has 3 amide bonds. The zero-order valence-corrected chi connectivity index (χ0v) is 30.8. The fraction of sp³-hybridized carbons (Fsp3) is 0.632. The highest BCUT2D eigenvalue weighted by Crippen LogP contribution is 2.60. The molecule has 3 saturated heterocycles. The summed E-state index contributed by atoms with van der Waals surface area (Å²) in [6.07, 6.45) is 7.68. The highest BCUT2D eigenvalue weighted by molar-refractivity contribution is 9.09. The number of nitrogens with one attached hydrogen (secondary N) is 1. The predicted octanol–water partition coefficient (Wildman–Crippen LogP) is 5.25. The molecular weight excluding hydrogens is 690 g/mol. The minimum absolute atomic E-state index is 0.0820. The number of nitrogens with zero attached hydrogens (tertiary/aromatic N) is 2. The summed E-state index contributed by atoms with van der Waals surface area (Å²) in [5.41, 5.74) is -0.498. The summed E-state index contributed by atoms with van der Waals surface area (Å²) in [6.45, 7) is 14.2. The number of hydrogen-bond donors (Lipinski definition) is 2. The average Bonchev–Trinajstić information content (AvgIpc) is 3.68. The van der Waals surface area contributed by atoms with Gasteiger partial charge in [0.15, 0.2) is 0 Å². The van der Waals surface area contributed by atoms with E-state index in [1.54, 1.807) is 28.9 Å². The summed E-state index contributed by atoms with van der Waals surface area (Å²) in [5.74, 6) is -3.08. The maximum Gasteiger partial charge on any atom is 0.313 e. The van der Waals surface area contributed by atoms with Gasteiger partial charge in [-0.2, -0.15) is 0 Å². The predicted molar refractivity (Wildman–Crippen MR) is 192 cm³/mol. The van der Waals surface area contributed by atoms with Crippen LogP contribution in [-0.2, 0) is 28.7 Å². The number of unbranched alkanes of at least 4 members (excludes halogenated alkanes) is 3. The van der Waals surface area contributed by atoms with Crippen LogP contribution in [0.25, 0.3) is 0 Å². The lowest BCUT2D eigenvalue weighted by molar-refractivity contribution is -0.162. The van der Waals surface area contributed by atoms with Gasteiger partial charge in [-0.05, 0) is 51.5 Å². The van der Waals surface area contributed by atoms with E-state index in [-0.39, 0.29) is 41.6 Å². The number of likely N-dealkylation sites (tertiary alicyclic amines) is 1. The number of allylic oxidation sites excluding steroid dienone is 1. The molecule has 0 saturated carbocycles. The van der Waals surface area contributed by atoms with Crippen LogP contribution in [-0.4, -0.2) is 93.0 Å². The second-order valence-corrected chi connectivity index (χ2v) is 14.9. The lowest BCUT2D eigenvalue weighted by Gasteiger charge is -2.39. The van der Waals surface area contributed by atoms with Crippen LogP contribution in [0.2, 0.25) is 0 Å². The molecule has 3 heterocycles. The summed E-state index contributed by atoms with van der Waals surface area (Å²) in [5, 5.41) is 12.2. The Kier molecular flexibility index (Phi) is 14.1. The van der Waals surface area contributed by atoms with Gasteiger partial charge in [0.1, 0.15) is 17.7 Å². The van der Waals surface area contributed by atoms with Gasteiger partial charge in [0.05, 0.1) is 24.0 Å². The maximum atomic E-state index is 14.7. The van der Waals surface area contributed by atoms with Gasteiger partial charge in [-0.15, -0.1) is 13.2 Å². The zero-order valence-electron chi connectivity index (χ0n) is 29.2. The number of ether oxygens (including phenoxy) is 2. The van der Waals surface area contributed by atoms with Crippen LogP contribution in [0, 0.1) is 11.8 Å². The van der Waals surface area contributed by atoms with Crippen LogP contribution in [0.3, 0.4) is 0 Å². The summed E-state index contributed by atoms with van der Waals surface area (Å²) in [7, 11) is 0. The van der Waals surface area contributed by atoms with Crippen molar-refractivity contribution >= 4 is 39.6 Å². The number of fused-ring (bicyclic) bond motifs is 1. The molecule has 3 aliphatic rings. The number of hydrogen-bond acceptors (Lipinski definition) is 7. The Bertz CT molecular complexity index is 1330. The normalized spacial score (nSPS) is 27.2. The van der Waals surface area contributed by atoms with Crippen molar-refractivity contribution in [2.75, 3.05) is 19.7 Å². The Morgan fingerprint density at radius 2 is 1.88 bits per heavy atom. The van der Waals surface area contributed by atoms with E-state index >= 15 is 0 Å². The third kappa shape index (κ3) is 8.31. The van der Waals surface area contributed by atoms with Crippen LogP contribution in [0.5, 0.6) is 0 Å². The number of amides is 3. The second kappa shape index (κ2) is 17.8. The maximum absolute atomic E-state index is 14.7. The van der Waals surface area contributed by atoms with E-state index in [9.17, 15) is 24.3 Å². The smallest absolute Gasteiger partial charge is 0.313 e. The third-order valence-corrected chi connectivity index (χ3v) is 11.1. The van der Waals surface area contributed by atoms with Gasteiger partial charge in [-0.25, -0.2) is 0 Å². The summed E-state index contributed by atoms with van der Waals surface area (Å²) in [4.78, 5) is 59.5. The molecule has 9 atom stereocenters. The van der Waals surface area contributed by atoms with Gasteiger partial charge >= 0.3 is 5.97 Å². The van der Waals surface area contributed by atoms with Gasteiger partial charge in [0.25, 0.3) is 0 Å². The molecule has 1 aromatic carbocycles. The molecule has 2 unspecified atom stereocenters. The van der Waals surface area contributed by atoms with Crippen molar-refractivity contribution in [3.05, 3.63) is 61.2 Å². The Morgan fingerprint density at radius 3 is 2.53 bits per heavy atom. The van der Waals surface area contributed by atoms with E-state index in [4.69, 9.17) is 9.47 Å². The molecular formula is C38H54BrN3O7. The number of benzene rings is 1. The fourth-order valence-electron chi connectivity index (χ4n) is 7.96. The standard InChI is InChI=1S/C38H54BrN3O7/c1-6-9-20-29(44)40-26(5)32(27-18-13-12-14-19-27)48-37(47)30-31-35(45)42(22-15-10-11-16-23-43)34(38(31)24-28(39)33(30)49-38)36(46)41(21-8-3)25(4)17-7-2/h6,8,12-14,18-19,25-26,28,30-34,43H,1,3,7,9-11,15-17,20-24H2,2,4-5H3,(H,40,44)/t25?,26-,28?,30-,31+,32-,33-,34-,38+/m0/s1. The van der Waals surface area contributed by atoms with Crippen LogP contribution in [0.4, 0.5) is 0 Å². The van der Waals surface area contributed by atoms with Crippen molar-refractivity contribution in [1.82, 2.24) is 15.1 Å². The van der Waals surface area contributed by atoms with Crippen LogP contribution < -0.4 is 5.32 Å². The first-order chi connectivity index (χ1) is 23.6. The van der Waals surface area contributed by atoms with E-state index in [0.29, 0.717) is 44.3 Å². The Morgan fingerprint density at radius 1 is 1.16 bits per heavy atom. The van der Waals surface area contributed by atoms with Gasteiger partial charge in [-0.3, -0.25) is 19.2 Å². The van der Waals surface area contributed by atoms with Crippen molar-refractivity contribution < 1.29 is 33.8 Å². The number of alkyl halides is 1. The average molecular weight is 745 g/mol. The van der Waals surface area contributed by atoms with Crippen LogP contribution in [0.1, 0.15) is 90.2 Å². The minimum Gasteiger partial charge on any atom is -0.455 e. The number of aliphatic hydroxyl groups excluding tert-OH is 1. The molecule has 0 aromatic heterocycles. The van der Waals surface area contributed by atoms with Gasteiger partial charge in [0.2, 0.25) is 17.7 Å². The van der Waals surface area contributed by atoms with Gasteiger partial charge in [0, 0.05) is 37.0 Å². The van der Waals surface area contributed by atoms with Gasteiger partial charge in [-0.1, -0.05) is 84.6 Å². The molecule has 4 rings (SSSR count). The molecule has 270 valence electrons. The second-order valence-electron chi connectivity index (χ2n) is 13.7. The topological polar surface area (TPSA) is 125 Å². The lowest BCUT2D eigenvalue weighted by atomic mass is 9.70.